The average molecular weight is 155 g/mol. The van der Waals surface area contributed by atoms with E-state index in [0.29, 0.717) is 0 Å². The van der Waals surface area contributed by atoms with Crippen molar-refractivity contribution < 1.29 is 50.8 Å². The minimum Gasteiger partial charge on any atom is -1.00 e. The van der Waals surface area contributed by atoms with Crippen LogP contribution in [0.2, 0.25) is 0 Å². The van der Waals surface area contributed by atoms with Crippen LogP contribution in [0.15, 0.2) is 0 Å². The minimum absolute atomic E-state index is 0. The maximum Gasteiger partial charge on any atom is 1.00 e. The van der Waals surface area contributed by atoms with Crippen LogP contribution in [0.4, 0.5) is 0 Å². The van der Waals surface area contributed by atoms with E-state index < -0.39 is 11.9 Å². The number of carboxylic acid groups (broad SMARTS) is 2. The maximum atomic E-state index is 9.01. The van der Waals surface area contributed by atoms with Crippen molar-refractivity contribution in [3.63, 3.8) is 0 Å². The van der Waals surface area contributed by atoms with Crippen LogP contribution in [0.25, 0.3) is 0 Å². The number of nitrogens with zero attached hydrogens (tertiary/aromatic N) is 1. The van der Waals surface area contributed by atoms with Gasteiger partial charge in [-0.05, 0) is 0 Å². The molecule has 0 fully saturated rings. The molecule has 0 aliphatic rings. The predicted octanol–water partition coefficient (Wildman–Crippen LogP) is -3.20. The molecule has 0 aromatic heterocycles. The van der Waals surface area contributed by atoms with Gasteiger partial charge < -0.3 is 11.6 Å². The largest absolute Gasteiger partial charge is 1.00 e. The van der Waals surface area contributed by atoms with Gasteiger partial charge in [-0.15, -0.1) is 0 Å². The Morgan fingerprint density at radius 1 is 1.50 bits per heavy atom. The summed E-state index contributed by atoms with van der Waals surface area (Å²) in [6.45, 7) is 1.08. The number of aliphatic carboxylic acids is 2. The molecule has 0 spiro atoms. The third-order valence-corrected chi connectivity index (χ3v) is 0.0956. The summed E-state index contributed by atoms with van der Waals surface area (Å²) in [6, 6.07) is 0.944. The zero-order chi connectivity index (χ0) is 7.86. The fraction of sp³-hybridized carbons (Fsp3) is 0.250. The summed E-state index contributed by atoms with van der Waals surface area (Å²) < 4.78 is 0. The third kappa shape index (κ3) is 150. The van der Waals surface area contributed by atoms with E-state index in [-0.39, 0.29) is 31.0 Å². The van der Waals surface area contributed by atoms with E-state index in [1.807, 2.05) is 0 Å². The molecule has 0 bridgehead atoms. The van der Waals surface area contributed by atoms with Crippen LogP contribution in [0.3, 0.4) is 0 Å². The zero-order valence-corrected chi connectivity index (χ0v) is 7.66. The van der Waals surface area contributed by atoms with Crippen molar-refractivity contribution in [2.45, 2.75) is 6.92 Å². The van der Waals surface area contributed by atoms with Crippen LogP contribution in [0, 0.1) is 11.3 Å². The topological polar surface area (TPSA) is 98.4 Å². The maximum absolute atomic E-state index is 9.01. The first-order valence-corrected chi connectivity index (χ1v) is 1.83. The number of nitriles is 1. The van der Waals surface area contributed by atoms with Crippen LogP contribution in [-0.4, -0.2) is 22.2 Å². The first-order chi connectivity index (χ1) is 4.00. The molecule has 0 heterocycles. The van der Waals surface area contributed by atoms with Crippen molar-refractivity contribution in [3.05, 3.63) is 0 Å². The molecule has 0 aromatic rings. The van der Waals surface area contributed by atoms with E-state index >= 15 is 0 Å². The Labute approximate surface area is 81.0 Å². The van der Waals surface area contributed by atoms with E-state index in [9.17, 15) is 0 Å². The SMILES string of the molecule is CC(=O)O.N#CC(=O)O.[H-].[Na+]. The fourth-order valence-electron chi connectivity index (χ4n) is 0. The van der Waals surface area contributed by atoms with E-state index in [4.69, 9.17) is 25.1 Å². The Morgan fingerprint density at radius 2 is 1.60 bits per heavy atom. The summed E-state index contributed by atoms with van der Waals surface area (Å²) in [5.74, 6) is -2.27. The molecule has 52 valence electrons. The van der Waals surface area contributed by atoms with Gasteiger partial charge in [0.2, 0.25) is 0 Å². The van der Waals surface area contributed by atoms with Gasteiger partial charge in [-0.1, -0.05) is 0 Å². The molecule has 0 aliphatic heterocycles. The van der Waals surface area contributed by atoms with E-state index in [1.54, 1.807) is 0 Å². The van der Waals surface area contributed by atoms with Crippen LogP contribution in [0.1, 0.15) is 8.35 Å². The molecule has 0 radical (unpaired) electrons. The monoisotopic (exact) mass is 155 g/mol. The van der Waals surface area contributed by atoms with E-state index in [0.717, 1.165) is 13.0 Å². The van der Waals surface area contributed by atoms with E-state index in [2.05, 4.69) is 0 Å². The van der Waals surface area contributed by atoms with Crippen LogP contribution < -0.4 is 29.6 Å². The van der Waals surface area contributed by atoms with Gasteiger partial charge in [-0.3, -0.25) is 4.79 Å². The van der Waals surface area contributed by atoms with Crippen molar-refractivity contribution in [2.75, 3.05) is 0 Å². The van der Waals surface area contributed by atoms with Gasteiger partial charge in [0.1, 0.15) is 0 Å². The van der Waals surface area contributed by atoms with Crippen LogP contribution in [0.5, 0.6) is 0 Å². The second kappa shape index (κ2) is 11.3. The molecule has 0 saturated heterocycles. The minimum atomic E-state index is -1.44. The molecular formula is C4H6NNaO4. The number of hydrogen-bond acceptors (Lipinski definition) is 3. The summed E-state index contributed by atoms with van der Waals surface area (Å²) in [4.78, 5) is 18.0. The molecule has 0 aliphatic carbocycles. The Morgan fingerprint density at radius 3 is 1.60 bits per heavy atom. The van der Waals surface area contributed by atoms with Crippen molar-refractivity contribution in [1.29, 1.82) is 5.26 Å². The second-order valence-electron chi connectivity index (χ2n) is 0.936. The van der Waals surface area contributed by atoms with E-state index in [1.165, 1.54) is 0 Å². The molecule has 0 atom stereocenters. The Balaban J connectivity index is -0.0000000383. The van der Waals surface area contributed by atoms with Crippen molar-refractivity contribution >= 4 is 11.9 Å². The average Bonchev–Trinajstić information content (AvgIpc) is 1.65. The normalized spacial score (nSPS) is 5.20. The summed E-state index contributed by atoms with van der Waals surface area (Å²) in [5.41, 5.74) is 0. The Bertz CT molecular complexity index is 151. The van der Waals surface area contributed by atoms with Crippen molar-refractivity contribution in [3.8, 4) is 6.07 Å². The molecule has 2 N–H and O–H groups in total. The summed E-state index contributed by atoms with van der Waals surface area (Å²) >= 11 is 0. The van der Waals surface area contributed by atoms with Crippen LogP contribution >= 0.6 is 0 Å². The molecule has 0 rings (SSSR count). The molecular weight excluding hydrogens is 149 g/mol. The predicted molar refractivity (Wildman–Crippen MR) is 27.7 cm³/mol. The number of rotatable bonds is 0. The van der Waals surface area contributed by atoms with Gasteiger partial charge in [0.05, 0.1) is 0 Å². The first-order valence-electron chi connectivity index (χ1n) is 1.83. The van der Waals surface area contributed by atoms with Gasteiger partial charge in [0.25, 0.3) is 5.97 Å². The van der Waals surface area contributed by atoms with Gasteiger partial charge in [0, 0.05) is 6.92 Å². The number of carbonyl (C=O) groups is 2. The molecule has 5 nitrogen and oxygen atoms in total. The molecule has 0 aromatic carbocycles. The fourth-order valence-corrected chi connectivity index (χ4v) is 0. The van der Waals surface area contributed by atoms with Crippen molar-refractivity contribution in [2.24, 2.45) is 0 Å². The Hall–Kier alpha value is -0.570. The summed E-state index contributed by atoms with van der Waals surface area (Å²) in [7, 11) is 0. The zero-order valence-electron chi connectivity index (χ0n) is 6.66. The van der Waals surface area contributed by atoms with Gasteiger partial charge in [-0.25, -0.2) is 4.79 Å². The third-order valence-electron chi connectivity index (χ3n) is 0.0956. The molecule has 0 saturated carbocycles. The summed E-state index contributed by atoms with van der Waals surface area (Å²) in [6.07, 6.45) is 0. The first kappa shape index (κ1) is 16.2. The Kier molecular flexibility index (Phi) is 18.2. The summed E-state index contributed by atoms with van der Waals surface area (Å²) in [5, 5.41) is 22.1. The standard InChI is InChI=1S/C2HNO2.C2H4O2.Na.H/c3-1-2(4)5;1-2(3)4;;/h(H,4,5);1H3,(H,3,4);;/q;;+1;-1. The molecule has 10 heavy (non-hydrogen) atoms. The number of carboxylic acids is 2. The van der Waals surface area contributed by atoms with Gasteiger partial charge in [0.15, 0.2) is 6.07 Å². The quantitative estimate of drug-likeness (QED) is 0.218. The second-order valence-corrected chi connectivity index (χ2v) is 0.936. The number of hydrogen-bond donors (Lipinski definition) is 2. The smallest absolute Gasteiger partial charge is 1.00 e. The van der Waals surface area contributed by atoms with Crippen LogP contribution in [-0.2, 0) is 9.59 Å². The van der Waals surface area contributed by atoms with Gasteiger partial charge >= 0.3 is 35.5 Å². The molecule has 6 heteroatoms. The van der Waals surface area contributed by atoms with Crippen molar-refractivity contribution in [1.82, 2.24) is 0 Å². The van der Waals surface area contributed by atoms with Gasteiger partial charge in [-0.2, -0.15) is 5.26 Å². The molecule has 0 amide bonds. The molecule has 0 unspecified atom stereocenters.